The fourth-order valence-corrected chi connectivity index (χ4v) is 1.20. The monoisotopic (exact) mass is 230 g/mol. The van der Waals surface area contributed by atoms with Crippen molar-refractivity contribution in [2.24, 2.45) is 5.84 Å². The molecule has 0 aromatic carbocycles. The van der Waals surface area contributed by atoms with Crippen molar-refractivity contribution in [2.45, 2.75) is 0 Å². The van der Waals surface area contributed by atoms with Crippen molar-refractivity contribution in [3.05, 3.63) is 23.9 Å². The number of nitrogens with zero attached hydrogens (tertiary/aromatic N) is 4. The molecule has 0 spiro atoms. The smallest absolute Gasteiger partial charge is 0.255 e. The Labute approximate surface area is 98.0 Å². The third kappa shape index (κ3) is 3.16. The normalized spacial score (nSPS) is 8.88. The van der Waals surface area contributed by atoms with E-state index in [0.717, 1.165) is 4.90 Å². The molecule has 0 bridgehead atoms. The average molecular weight is 230 g/mol. The summed E-state index contributed by atoms with van der Waals surface area (Å²) in [6.45, 7) is -0.278. The molecule has 1 aromatic rings. The summed E-state index contributed by atoms with van der Waals surface area (Å²) >= 11 is 0. The molecule has 7 nitrogen and oxygen atoms in total. The maximum Gasteiger partial charge on any atom is 0.255 e. The number of nitrogens with two attached hydrogens (primary N) is 1. The number of hydrazine groups is 1. The maximum atomic E-state index is 11.9. The van der Waals surface area contributed by atoms with E-state index in [0.29, 0.717) is 11.4 Å². The molecule has 0 saturated carbocycles. The standard InChI is InChI=1S/C10H10N6O/c11-2-5-16(6-3-12)10(17)8-1-4-14-9(7-8)15-13/h1,4,7H,5-6,13H2,(H,14,15). The molecule has 1 aromatic heterocycles. The fourth-order valence-electron chi connectivity index (χ4n) is 1.20. The number of hydrogen-bond acceptors (Lipinski definition) is 6. The highest BCUT2D eigenvalue weighted by atomic mass is 16.2. The van der Waals surface area contributed by atoms with Crippen LogP contribution in [0, 0.1) is 22.7 Å². The summed E-state index contributed by atoms with van der Waals surface area (Å²) in [6, 6.07) is 6.60. The summed E-state index contributed by atoms with van der Waals surface area (Å²) in [5.41, 5.74) is 2.63. The molecule has 17 heavy (non-hydrogen) atoms. The molecule has 1 heterocycles. The van der Waals surface area contributed by atoms with Crippen LogP contribution in [-0.4, -0.2) is 28.9 Å². The van der Waals surface area contributed by atoms with Gasteiger partial charge >= 0.3 is 0 Å². The number of aromatic nitrogens is 1. The lowest BCUT2D eigenvalue weighted by molar-refractivity contribution is 0.0794. The van der Waals surface area contributed by atoms with Gasteiger partial charge in [0.15, 0.2) is 0 Å². The Morgan fingerprint density at radius 2 is 2.12 bits per heavy atom. The first-order valence-electron chi connectivity index (χ1n) is 4.68. The molecule has 7 heteroatoms. The first-order chi connectivity index (χ1) is 8.22. The highest BCUT2D eigenvalue weighted by Crippen LogP contribution is 2.08. The van der Waals surface area contributed by atoms with Gasteiger partial charge in [-0.2, -0.15) is 10.5 Å². The van der Waals surface area contributed by atoms with Crippen molar-refractivity contribution in [1.82, 2.24) is 9.88 Å². The van der Waals surface area contributed by atoms with Crippen LogP contribution in [0.1, 0.15) is 10.4 Å². The zero-order valence-electron chi connectivity index (χ0n) is 8.92. The highest BCUT2D eigenvalue weighted by Gasteiger charge is 2.15. The highest BCUT2D eigenvalue weighted by molar-refractivity contribution is 5.95. The SMILES string of the molecule is N#CCN(CC#N)C(=O)c1ccnc(NN)c1. The third-order valence-electron chi connectivity index (χ3n) is 1.97. The van der Waals surface area contributed by atoms with Crippen molar-refractivity contribution >= 4 is 11.7 Å². The minimum absolute atomic E-state index is 0.139. The van der Waals surface area contributed by atoms with Crippen molar-refractivity contribution < 1.29 is 4.79 Å². The van der Waals surface area contributed by atoms with E-state index in [1.165, 1.54) is 18.3 Å². The topological polar surface area (TPSA) is 119 Å². The lowest BCUT2D eigenvalue weighted by Crippen LogP contribution is -2.31. The number of nitrogen functional groups attached to an aromatic ring is 1. The van der Waals surface area contributed by atoms with Crippen molar-refractivity contribution in [1.29, 1.82) is 10.5 Å². The zero-order valence-corrected chi connectivity index (χ0v) is 8.92. The van der Waals surface area contributed by atoms with Gasteiger partial charge in [-0.05, 0) is 12.1 Å². The average Bonchev–Trinajstić information content (AvgIpc) is 2.38. The van der Waals surface area contributed by atoms with Gasteiger partial charge in [0.2, 0.25) is 0 Å². The van der Waals surface area contributed by atoms with E-state index in [9.17, 15) is 4.79 Å². The number of carbonyl (C=O) groups is 1. The van der Waals surface area contributed by atoms with E-state index in [-0.39, 0.29) is 13.1 Å². The first kappa shape index (κ1) is 12.4. The van der Waals surface area contributed by atoms with Crippen LogP contribution in [0.4, 0.5) is 5.82 Å². The van der Waals surface area contributed by atoms with Gasteiger partial charge < -0.3 is 10.3 Å². The number of carbonyl (C=O) groups excluding carboxylic acids is 1. The zero-order chi connectivity index (χ0) is 12.7. The van der Waals surface area contributed by atoms with Crippen molar-refractivity contribution in [2.75, 3.05) is 18.5 Å². The molecule has 3 N–H and O–H groups in total. The summed E-state index contributed by atoms with van der Waals surface area (Å²) < 4.78 is 0. The lowest BCUT2D eigenvalue weighted by atomic mass is 10.2. The minimum Gasteiger partial charge on any atom is -0.312 e. The number of amides is 1. The Bertz CT molecular complexity index is 470. The van der Waals surface area contributed by atoms with Crippen molar-refractivity contribution in [3.63, 3.8) is 0 Å². The van der Waals surface area contributed by atoms with Gasteiger partial charge in [-0.3, -0.25) is 4.79 Å². The van der Waals surface area contributed by atoms with E-state index in [2.05, 4.69) is 10.4 Å². The van der Waals surface area contributed by atoms with Gasteiger partial charge in [-0.25, -0.2) is 10.8 Å². The van der Waals surface area contributed by atoms with Gasteiger partial charge in [-0.1, -0.05) is 0 Å². The van der Waals surface area contributed by atoms with E-state index in [1.54, 1.807) is 0 Å². The predicted molar refractivity (Wildman–Crippen MR) is 59.2 cm³/mol. The largest absolute Gasteiger partial charge is 0.312 e. The molecular formula is C10H10N6O. The van der Waals surface area contributed by atoms with E-state index in [4.69, 9.17) is 16.4 Å². The van der Waals surface area contributed by atoms with E-state index < -0.39 is 5.91 Å². The van der Waals surface area contributed by atoms with Crippen LogP contribution < -0.4 is 11.3 Å². The molecule has 0 unspecified atom stereocenters. The second-order valence-electron chi connectivity index (χ2n) is 3.05. The van der Waals surface area contributed by atoms with Gasteiger partial charge in [0.25, 0.3) is 5.91 Å². The summed E-state index contributed by atoms with van der Waals surface area (Å²) in [7, 11) is 0. The quantitative estimate of drug-likeness (QED) is 0.422. The van der Waals surface area contributed by atoms with Crippen molar-refractivity contribution in [3.8, 4) is 12.1 Å². The molecular weight excluding hydrogens is 220 g/mol. The van der Waals surface area contributed by atoms with Gasteiger partial charge in [0, 0.05) is 11.8 Å². The number of pyridine rings is 1. The van der Waals surface area contributed by atoms with Gasteiger partial charge in [0.05, 0.1) is 12.1 Å². The summed E-state index contributed by atoms with van der Waals surface area (Å²) in [5.74, 6) is 5.10. The van der Waals surface area contributed by atoms with E-state index in [1.807, 2.05) is 12.1 Å². The number of anilines is 1. The number of nitrogens with one attached hydrogen (secondary N) is 1. The lowest BCUT2D eigenvalue weighted by Gasteiger charge is -2.15. The fraction of sp³-hybridized carbons (Fsp3) is 0.200. The molecule has 0 aliphatic rings. The summed E-state index contributed by atoms with van der Waals surface area (Å²) in [4.78, 5) is 16.9. The van der Waals surface area contributed by atoms with Crippen LogP contribution in [0.15, 0.2) is 18.3 Å². The van der Waals surface area contributed by atoms with Crippen LogP contribution >= 0.6 is 0 Å². The van der Waals surface area contributed by atoms with Crippen LogP contribution in [0.5, 0.6) is 0 Å². The molecule has 1 rings (SSSR count). The summed E-state index contributed by atoms with van der Waals surface area (Å²) in [5, 5.41) is 17.1. The second-order valence-corrected chi connectivity index (χ2v) is 3.05. The Kier molecular flexibility index (Phi) is 4.43. The number of nitriles is 2. The molecule has 86 valence electrons. The molecule has 0 aliphatic heterocycles. The number of hydrogen-bond donors (Lipinski definition) is 2. The summed E-state index contributed by atoms with van der Waals surface area (Å²) in [6.07, 6.45) is 1.42. The Morgan fingerprint density at radius 1 is 1.47 bits per heavy atom. The molecule has 0 radical (unpaired) electrons. The Morgan fingerprint density at radius 3 is 2.65 bits per heavy atom. The van der Waals surface area contributed by atoms with Crippen LogP contribution in [0.2, 0.25) is 0 Å². The van der Waals surface area contributed by atoms with Crippen LogP contribution in [0.25, 0.3) is 0 Å². The molecule has 1 amide bonds. The van der Waals surface area contributed by atoms with Gasteiger partial charge in [-0.15, -0.1) is 0 Å². The number of rotatable bonds is 4. The van der Waals surface area contributed by atoms with Crippen LogP contribution in [0.3, 0.4) is 0 Å². The molecule has 0 aliphatic carbocycles. The first-order valence-corrected chi connectivity index (χ1v) is 4.68. The third-order valence-corrected chi connectivity index (χ3v) is 1.97. The van der Waals surface area contributed by atoms with Gasteiger partial charge in [0.1, 0.15) is 18.9 Å². The Balaban J connectivity index is 2.93. The maximum absolute atomic E-state index is 11.9. The minimum atomic E-state index is -0.410. The van der Waals surface area contributed by atoms with Crippen LogP contribution in [-0.2, 0) is 0 Å². The second kappa shape index (κ2) is 6.05. The predicted octanol–water partition coefficient (Wildman–Crippen LogP) is -0.143. The molecule has 0 saturated heterocycles. The molecule has 0 atom stereocenters. The van der Waals surface area contributed by atoms with E-state index >= 15 is 0 Å². The molecule has 0 fully saturated rings. The Hall–Kier alpha value is -2.64.